The third kappa shape index (κ3) is 2.13. The van der Waals surface area contributed by atoms with Crippen molar-refractivity contribution in [3.8, 4) is 34.3 Å². The van der Waals surface area contributed by atoms with Gasteiger partial charge in [-0.25, -0.2) is 0 Å². The number of hydrogen-bond donors (Lipinski definition) is 0. The Hall–Kier alpha value is -2.95. The highest BCUT2D eigenvalue weighted by Crippen LogP contribution is 2.45. The van der Waals surface area contributed by atoms with Crippen molar-refractivity contribution in [1.29, 1.82) is 0 Å². The fourth-order valence-corrected chi connectivity index (χ4v) is 3.92. The molecule has 0 bridgehead atoms. The molecule has 5 nitrogen and oxygen atoms in total. The summed E-state index contributed by atoms with van der Waals surface area (Å²) in [6.07, 6.45) is 3.78. The molecule has 5 heteroatoms. The summed E-state index contributed by atoms with van der Waals surface area (Å²) in [6.45, 7) is 2.84. The second kappa shape index (κ2) is 5.80. The van der Waals surface area contributed by atoms with E-state index in [4.69, 9.17) is 23.9 Å². The lowest BCUT2D eigenvalue weighted by molar-refractivity contribution is 0.174. The molecule has 0 unspecified atom stereocenters. The Kier molecular flexibility index (Phi) is 3.42. The average Bonchev–Trinajstić information content (AvgIpc) is 3.13. The zero-order valence-corrected chi connectivity index (χ0v) is 14.8. The van der Waals surface area contributed by atoms with E-state index in [-0.39, 0.29) is 6.79 Å². The Morgan fingerprint density at radius 2 is 1.92 bits per heavy atom. The number of hydrogen-bond acceptors (Lipinski definition) is 5. The van der Waals surface area contributed by atoms with Crippen LogP contribution in [0.25, 0.3) is 22.0 Å². The second-order valence-electron chi connectivity index (χ2n) is 6.44. The minimum atomic E-state index is 0.285. The largest absolute Gasteiger partial charge is 0.493 e. The molecule has 26 heavy (non-hydrogen) atoms. The molecule has 0 spiro atoms. The lowest BCUT2D eigenvalue weighted by Gasteiger charge is -2.22. The molecule has 5 rings (SSSR count). The Balaban J connectivity index is 1.74. The number of pyridine rings is 1. The molecular weight excluding hydrogens is 330 g/mol. The summed E-state index contributed by atoms with van der Waals surface area (Å²) in [5, 5.41) is 2.16. The van der Waals surface area contributed by atoms with Crippen molar-refractivity contribution in [2.24, 2.45) is 0 Å². The Morgan fingerprint density at radius 3 is 2.73 bits per heavy atom. The van der Waals surface area contributed by atoms with Crippen molar-refractivity contribution in [2.45, 2.75) is 19.8 Å². The van der Waals surface area contributed by atoms with Gasteiger partial charge in [0.25, 0.3) is 0 Å². The summed E-state index contributed by atoms with van der Waals surface area (Å²) in [7, 11) is 1.66. The van der Waals surface area contributed by atoms with Crippen molar-refractivity contribution >= 4 is 10.8 Å². The van der Waals surface area contributed by atoms with Gasteiger partial charge in [0.1, 0.15) is 0 Å². The fourth-order valence-electron chi connectivity index (χ4n) is 3.92. The lowest BCUT2D eigenvalue weighted by Crippen LogP contribution is -2.07. The fraction of sp³-hybridized carbons (Fsp3) is 0.286. The van der Waals surface area contributed by atoms with Crippen molar-refractivity contribution in [1.82, 2.24) is 4.98 Å². The number of methoxy groups -OCH3 is 1. The minimum absolute atomic E-state index is 0.285. The number of fused-ring (bicyclic) bond motifs is 6. The Labute approximate surface area is 151 Å². The number of rotatable bonds is 3. The first-order valence-corrected chi connectivity index (χ1v) is 8.84. The summed E-state index contributed by atoms with van der Waals surface area (Å²) >= 11 is 0. The zero-order valence-electron chi connectivity index (χ0n) is 14.8. The summed E-state index contributed by atoms with van der Waals surface area (Å²) in [5.74, 6) is 3.12. The van der Waals surface area contributed by atoms with E-state index in [2.05, 4.69) is 18.2 Å². The van der Waals surface area contributed by atoms with E-state index in [1.54, 1.807) is 7.11 Å². The first-order chi connectivity index (χ1) is 12.8. The molecule has 2 aliphatic rings. The van der Waals surface area contributed by atoms with E-state index >= 15 is 0 Å². The van der Waals surface area contributed by atoms with E-state index in [1.165, 1.54) is 16.5 Å². The summed E-state index contributed by atoms with van der Waals surface area (Å²) < 4.78 is 22.4. The van der Waals surface area contributed by atoms with Crippen LogP contribution in [0.2, 0.25) is 0 Å². The third-order valence-electron chi connectivity index (χ3n) is 5.10. The smallest absolute Gasteiger partial charge is 0.231 e. The van der Waals surface area contributed by atoms with Crippen molar-refractivity contribution in [3.63, 3.8) is 0 Å². The highest BCUT2D eigenvalue weighted by Gasteiger charge is 2.25. The maximum absolute atomic E-state index is 5.86. The highest BCUT2D eigenvalue weighted by atomic mass is 16.7. The van der Waals surface area contributed by atoms with Crippen LogP contribution in [-0.4, -0.2) is 25.5 Å². The molecule has 2 heterocycles. The molecule has 1 aliphatic carbocycles. The number of nitrogens with zero attached hydrogens (tertiary/aromatic N) is 1. The van der Waals surface area contributed by atoms with Gasteiger partial charge in [-0.05, 0) is 54.5 Å². The van der Waals surface area contributed by atoms with Crippen LogP contribution in [0.4, 0.5) is 0 Å². The van der Waals surface area contributed by atoms with Crippen LogP contribution in [0.15, 0.2) is 30.5 Å². The average molecular weight is 349 g/mol. The summed E-state index contributed by atoms with van der Waals surface area (Å²) in [5.41, 5.74) is 4.65. The lowest BCUT2D eigenvalue weighted by atomic mass is 9.86. The van der Waals surface area contributed by atoms with Crippen LogP contribution in [0.5, 0.6) is 23.0 Å². The summed E-state index contributed by atoms with van der Waals surface area (Å²) in [4.78, 5) is 4.80. The molecule has 0 fully saturated rings. The van der Waals surface area contributed by atoms with Gasteiger partial charge in [-0.3, -0.25) is 4.98 Å². The number of aryl methyl sites for hydroxylation is 2. The van der Waals surface area contributed by atoms with Gasteiger partial charge >= 0.3 is 0 Å². The van der Waals surface area contributed by atoms with E-state index in [0.29, 0.717) is 6.61 Å². The molecule has 0 saturated carbocycles. The quantitative estimate of drug-likeness (QED) is 0.711. The first-order valence-electron chi connectivity index (χ1n) is 8.84. The summed E-state index contributed by atoms with van der Waals surface area (Å²) in [6, 6.07) is 8.23. The highest BCUT2D eigenvalue weighted by molar-refractivity contribution is 5.96. The molecule has 0 radical (unpaired) electrons. The normalized spacial score (nSPS) is 14.1. The Morgan fingerprint density at radius 1 is 1.08 bits per heavy atom. The van der Waals surface area contributed by atoms with Gasteiger partial charge in [-0.1, -0.05) is 6.07 Å². The van der Waals surface area contributed by atoms with Gasteiger partial charge in [0.15, 0.2) is 23.0 Å². The molecule has 1 aliphatic heterocycles. The molecule has 2 aromatic carbocycles. The number of benzene rings is 2. The molecule has 0 atom stereocenters. The predicted molar refractivity (Wildman–Crippen MR) is 98.4 cm³/mol. The maximum atomic E-state index is 5.86. The molecule has 0 amide bonds. The monoisotopic (exact) mass is 349 g/mol. The van der Waals surface area contributed by atoms with E-state index in [1.807, 2.05) is 19.2 Å². The van der Waals surface area contributed by atoms with Crippen LogP contribution in [0.1, 0.15) is 18.1 Å². The van der Waals surface area contributed by atoms with Crippen molar-refractivity contribution in [3.05, 3.63) is 41.6 Å². The van der Waals surface area contributed by atoms with Crippen LogP contribution in [0.3, 0.4) is 0 Å². The van der Waals surface area contributed by atoms with E-state index in [0.717, 1.165) is 52.5 Å². The number of ether oxygens (including phenoxy) is 4. The molecule has 132 valence electrons. The maximum Gasteiger partial charge on any atom is 0.231 e. The second-order valence-corrected chi connectivity index (χ2v) is 6.44. The van der Waals surface area contributed by atoms with Gasteiger partial charge in [0.2, 0.25) is 6.79 Å². The predicted octanol–water partition coefficient (Wildman–Crippen LogP) is 4.14. The van der Waals surface area contributed by atoms with Crippen LogP contribution in [-0.2, 0) is 12.8 Å². The Bertz CT molecular complexity index is 1030. The molecule has 0 N–H and O–H groups in total. The van der Waals surface area contributed by atoms with Crippen LogP contribution in [0, 0.1) is 0 Å². The van der Waals surface area contributed by atoms with Gasteiger partial charge in [0.05, 0.1) is 19.4 Å². The topological polar surface area (TPSA) is 49.8 Å². The van der Waals surface area contributed by atoms with Crippen LogP contribution < -0.4 is 18.9 Å². The standard InChI is InChI=1S/C21H19NO4/c1-3-24-21-16-10-22-20-14(13(16)6-7-17(21)23-2)5-4-12-8-18-19(9-15(12)20)26-11-25-18/h6-10H,3-5,11H2,1-2H3. The molecule has 3 aromatic rings. The molecule has 1 aromatic heterocycles. The van der Waals surface area contributed by atoms with Crippen LogP contribution >= 0.6 is 0 Å². The van der Waals surface area contributed by atoms with Gasteiger partial charge in [0, 0.05) is 17.1 Å². The zero-order chi connectivity index (χ0) is 17.7. The number of aromatic nitrogens is 1. The third-order valence-corrected chi connectivity index (χ3v) is 5.10. The van der Waals surface area contributed by atoms with Crippen molar-refractivity contribution in [2.75, 3.05) is 20.5 Å². The van der Waals surface area contributed by atoms with Gasteiger partial charge < -0.3 is 18.9 Å². The molecule has 0 saturated heterocycles. The van der Waals surface area contributed by atoms with E-state index < -0.39 is 0 Å². The first kappa shape index (κ1) is 15.3. The van der Waals surface area contributed by atoms with Gasteiger partial charge in [-0.15, -0.1) is 0 Å². The minimum Gasteiger partial charge on any atom is -0.493 e. The van der Waals surface area contributed by atoms with Crippen molar-refractivity contribution < 1.29 is 18.9 Å². The van der Waals surface area contributed by atoms with Gasteiger partial charge in [-0.2, -0.15) is 0 Å². The molecular formula is C21H19NO4. The SMILES string of the molecule is CCOc1c(OC)ccc2c3c(ncc12)-c1cc2c(cc1CC3)OCO2. The van der Waals surface area contributed by atoms with E-state index in [9.17, 15) is 0 Å².